The van der Waals surface area contributed by atoms with Gasteiger partial charge in [0.1, 0.15) is 5.84 Å². The number of benzene rings is 3. The van der Waals surface area contributed by atoms with Crippen LogP contribution in [0, 0.1) is 5.41 Å². The van der Waals surface area contributed by atoms with Crippen LogP contribution in [0.5, 0.6) is 0 Å². The number of amides is 2. The zero-order valence-electron chi connectivity index (χ0n) is 20.9. The monoisotopic (exact) mass is 555 g/mol. The van der Waals surface area contributed by atoms with Crippen LogP contribution in [-0.4, -0.2) is 32.6 Å². The van der Waals surface area contributed by atoms with Crippen LogP contribution >= 0.6 is 12.4 Å². The van der Waals surface area contributed by atoms with Crippen molar-refractivity contribution in [3.05, 3.63) is 83.4 Å². The molecule has 0 aliphatic carbocycles. The van der Waals surface area contributed by atoms with Crippen LogP contribution in [0.2, 0.25) is 0 Å². The van der Waals surface area contributed by atoms with Gasteiger partial charge in [0.25, 0.3) is 10.0 Å². The summed E-state index contributed by atoms with van der Waals surface area (Å²) in [6.45, 7) is 1.97. The Hall–Kier alpha value is -3.89. The van der Waals surface area contributed by atoms with Gasteiger partial charge in [-0.2, -0.15) is 0 Å². The fraction of sp³-hybridized carbons (Fsp3) is 0.222. The number of hydrogen-bond acceptors (Lipinski definition) is 5. The molecule has 0 saturated carbocycles. The van der Waals surface area contributed by atoms with Crippen molar-refractivity contribution in [2.45, 2.75) is 37.5 Å². The molecule has 11 heteroatoms. The topological polar surface area (TPSA) is 145 Å². The van der Waals surface area contributed by atoms with Crippen molar-refractivity contribution in [1.82, 2.24) is 0 Å². The summed E-state index contributed by atoms with van der Waals surface area (Å²) in [6.07, 6.45) is 2.11. The molecule has 200 valence electrons. The number of halogens is 1. The molecule has 1 aliphatic heterocycles. The van der Waals surface area contributed by atoms with Crippen molar-refractivity contribution in [3.63, 3.8) is 0 Å². The number of aryl methyl sites for hydroxylation is 2. The maximum absolute atomic E-state index is 13.2. The largest absolute Gasteiger partial charge is 0.384 e. The maximum Gasteiger partial charge on any atom is 0.261 e. The van der Waals surface area contributed by atoms with Crippen LogP contribution in [0.25, 0.3) is 0 Å². The highest BCUT2D eigenvalue weighted by molar-refractivity contribution is 7.92. The lowest BCUT2D eigenvalue weighted by atomic mass is 9.99. The normalized spacial score (nSPS) is 12.6. The molecule has 0 fully saturated rings. The SMILES string of the molecule is CC(=O)Nc1cc(C(=N)N)ccc1CCC(=O)N1CCCc2cc(NS(=O)(=O)c3ccccc3)ccc21.Cl. The molecule has 0 saturated heterocycles. The van der Waals surface area contributed by atoms with Gasteiger partial charge in [-0.15, -0.1) is 12.4 Å². The van der Waals surface area contributed by atoms with Crippen LogP contribution in [-0.2, 0) is 32.5 Å². The summed E-state index contributed by atoms with van der Waals surface area (Å²) >= 11 is 0. The lowest BCUT2D eigenvalue weighted by Gasteiger charge is -2.30. The van der Waals surface area contributed by atoms with Gasteiger partial charge in [0.2, 0.25) is 11.8 Å². The van der Waals surface area contributed by atoms with Gasteiger partial charge in [-0.1, -0.05) is 30.3 Å². The van der Waals surface area contributed by atoms with Gasteiger partial charge in [0.05, 0.1) is 4.90 Å². The van der Waals surface area contributed by atoms with Crippen LogP contribution in [0.1, 0.15) is 36.5 Å². The predicted octanol–water partition coefficient (Wildman–Crippen LogP) is 4.06. The summed E-state index contributed by atoms with van der Waals surface area (Å²) in [4.78, 5) is 26.8. The molecule has 38 heavy (non-hydrogen) atoms. The van der Waals surface area contributed by atoms with E-state index in [4.69, 9.17) is 11.1 Å². The van der Waals surface area contributed by atoms with E-state index >= 15 is 0 Å². The first-order valence-electron chi connectivity index (χ1n) is 11.9. The zero-order chi connectivity index (χ0) is 26.6. The number of nitrogen functional groups attached to an aromatic ring is 1. The third-order valence-corrected chi connectivity index (χ3v) is 7.54. The number of rotatable bonds is 8. The minimum absolute atomic E-state index is 0. The van der Waals surface area contributed by atoms with Gasteiger partial charge >= 0.3 is 0 Å². The van der Waals surface area contributed by atoms with E-state index in [-0.39, 0.29) is 41.4 Å². The molecule has 5 N–H and O–H groups in total. The Morgan fingerprint density at radius 2 is 1.79 bits per heavy atom. The molecule has 0 spiro atoms. The highest BCUT2D eigenvalue weighted by Crippen LogP contribution is 2.31. The first kappa shape index (κ1) is 28.7. The molecule has 3 aromatic rings. The summed E-state index contributed by atoms with van der Waals surface area (Å²) in [7, 11) is -3.71. The molecule has 2 amide bonds. The van der Waals surface area contributed by atoms with Crippen LogP contribution in [0.15, 0.2) is 71.6 Å². The van der Waals surface area contributed by atoms with E-state index in [1.54, 1.807) is 59.5 Å². The van der Waals surface area contributed by atoms with Crippen molar-refractivity contribution in [2.24, 2.45) is 5.73 Å². The molecule has 1 aliphatic rings. The second-order valence-corrected chi connectivity index (χ2v) is 10.6. The molecule has 9 nitrogen and oxygen atoms in total. The molecule has 1 heterocycles. The number of nitrogens with zero attached hydrogens (tertiary/aromatic N) is 1. The lowest BCUT2D eigenvalue weighted by molar-refractivity contribution is -0.118. The van der Waals surface area contributed by atoms with Crippen molar-refractivity contribution in [1.29, 1.82) is 5.41 Å². The van der Waals surface area contributed by atoms with Gasteiger partial charge in [-0.25, -0.2) is 8.42 Å². The summed E-state index contributed by atoms with van der Waals surface area (Å²) < 4.78 is 28.0. The quantitative estimate of drug-likeness (QED) is 0.244. The van der Waals surface area contributed by atoms with E-state index in [1.807, 2.05) is 0 Å². The molecular formula is C27H30ClN5O4S. The summed E-state index contributed by atoms with van der Waals surface area (Å²) in [5.41, 5.74) is 9.49. The minimum Gasteiger partial charge on any atom is -0.384 e. The molecule has 0 unspecified atom stereocenters. The summed E-state index contributed by atoms with van der Waals surface area (Å²) in [5.74, 6) is -0.426. The van der Waals surface area contributed by atoms with Gasteiger partial charge in [0.15, 0.2) is 0 Å². The van der Waals surface area contributed by atoms with E-state index < -0.39 is 10.0 Å². The number of carbonyl (C=O) groups is 2. The summed E-state index contributed by atoms with van der Waals surface area (Å²) in [6, 6.07) is 18.5. The fourth-order valence-electron chi connectivity index (χ4n) is 4.38. The molecular weight excluding hydrogens is 526 g/mol. The third-order valence-electron chi connectivity index (χ3n) is 6.14. The molecule has 3 aromatic carbocycles. The molecule has 0 atom stereocenters. The first-order chi connectivity index (χ1) is 17.6. The van der Waals surface area contributed by atoms with E-state index in [9.17, 15) is 18.0 Å². The van der Waals surface area contributed by atoms with Crippen molar-refractivity contribution >= 4 is 57.1 Å². The average molecular weight is 556 g/mol. The molecule has 0 bridgehead atoms. The lowest BCUT2D eigenvalue weighted by Crippen LogP contribution is -2.35. The Morgan fingerprint density at radius 1 is 1.05 bits per heavy atom. The van der Waals surface area contributed by atoms with Crippen molar-refractivity contribution in [3.8, 4) is 0 Å². The number of nitrogens with one attached hydrogen (secondary N) is 3. The number of sulfonamides is 1. The van der Waals surface area contributed by atoms with Gasteiger partial charge in [0, 0.05) is 42.5 Å². The second kappa shape index (κ2) is 12.1. The maximum atomic E-state index is 13.2. The Labute approximate surface area is 228 Å². The van der Waals surface area contributed by atoms with Gasteiger partial charge in [-0.3, -0.25) is 19.7 Å². The van der Waals surface area contributed by atoms with Crippen LogP contribution in [0.4, 0.5) is 17.1 Å². The van der Waals surface area contributed by atoms with E-state index in [2.05, 4.69) is 10.0 Å². The van der Waals surface area contributed by atoms with E-state index in [1.165, 1.54) is 19.1 Å². The number of nitrogens with two attached hydrogens (primary N) is 1. The third kappa shape index (κ3) is 6.70. The number of hydrogen-bond donors (Lipinski definition) is 4. The number of fused-ring (bicyclic) bond motifs is 1. The van der Waals surface area contributed by atoms with E-state index in [0.717, 1.165) is 29.7 Å². The Morgan fingerprint density at radius 3 is 2.47 bits per heavy atom. The number of carbonyl (C=O) groups excluding carboxylic acids is 2. The fourth-order valence-corrected chi connectivity index (χ4v) is 5.45. The first-order valence-corrected chi connectivity index (χ1v) is 13.4. The molecule has 4 rings (SSSR count). The average Bonchev–Trinajstić information content (AvgIpc) is 2.87. The number of amidine groups is 1. The van der Waals surface area contributed by atoms with E-state index in [0.29, 0.717) is 29.9 Å². The number of anilines is 3. The predicted molar refractivity (Wildman–Crippen MR) is 152 cm³/mol. The standard InChI is InChI=1S/C27H29N5O4S.ClH/c1-18(33)30-24-17-21(27(28)29)10-9-19(24)11-14-26(34)32-15-5-6-20-16-22(12-13-25(20)32)31-37(35,36)23-7-3-2-4-8-23;/h2-4,7-10,12-13,16-17,31H,5-6,11,14-15H2,1H3,(H3,28,29)(H,30,33);1H. The van der Waals surface area contributed by atoms with Crippen molar-refractivity contribution < 1.29 is 18.0 Å². The highest BCUT2D eigenvalue weighted by Gasteiger charge is 2.24. The van der Waals surface area contributed by atoms with Gasteiger partial charge in [-0.05, 0) is 66.8 Å². The zero-order valence-corrected chi connectivity index (χ0v) is 22.5. The molecule has 0 radical (unpaired) electrons. The molecule has 0 aromatic heterocycles. The minimum atomic E-state index is -3.71. The summed E-state index contributed by atoms with van der Waals surface area (Å²) in [5, 5.41) is 10.4. The van der Waals surface area contributed by atoms with Gasteiger partial charge < -0.3 is 16.0 Å². The Kier molecular flexibility index (Phi) is 9.13. The Bertz CT molecular complexity index is 1460. The highest BCUT2D eigenvalue weighted by atomic mass is 35.5. The second-order valence-electron chi connectivity index (χ2n) is 8.88. The smallest absolute Gasteiger partial charge is 0.261 e. The van der Waals surface area contributed by atoms with Crippen molar-refractivity contribution in [2.75, 3.05) is 21.5 Å². The Balaban J connectivity index is 0.00000400. The van der Waals surface area contributed by atoms with Crippen LogP contribution in [0.3, 0.4) is 0 Å². The van der Waals surface area contributed by atoms with Crippen LogP contribution < -0.4 is 20.7 Å².